The smallest absolute Gasteiger partial charge is 0.415 e. The molecule has 2 heterocycles. The fraction of sp³-hybridized carbons (Fsp3) is 0.182. The van der Waals surface area contributed by atoms with Gasteiger partial charge in [-0.15, -0.1) is 16.4 Å². The number of ether oxygens (including phenoxy) is 1. The molecule has 0 aliphatic heterocycles. The van der Waals surface area contributed by atoms with Gasteiger partial charge in [-0.1, -0.05) is 41.0 Å². The van der Waals surface area contributed by atoms with E-state index in [9.17, 15) is 4.79 Å². The van der Waals surface area contributed by atoms with Crippen molar-refractivity contribution in [3.05, 3.63) is 69.7 Å². The lowest BCUT2D eigenvalue weighted by Gasteiger charge is -2.22. The van der Waals surface area contributed by atoms with Crippen LogP contribution in [0.15, 0.2) is 52.3 Å². The highest BCUT2D eigenvalue weighted by Crippen LogP contribution is 2.37. The van der Waals surface area contributed by atoms with Crippen LogP contribution in [0.1, 0.15) is 23.7 Å². The maximum absolute atomic E-state index is 12.4. The van der Waals surface area contributed by atoms with E-state index < -0.39 is 0 Å². The van der Waals surface area contributed by atoms with Crippen molar-refractivity contribution >= 4 is 39.7 Å². The number of nitrogens with zero attached hydrogens (tertiary/aromatic N) is 4. The zero-order valence-electron chi connectivity index (χ0n) is 17.1. The van der Waals surface area contributed by atoms with Crippen LogP contribution in [0.4, 0.5) is 10.8 Å². The lowest BCUT2D eigenvalue weighted by molar-refractivity contribution is -0.115. The standard InChI is InChI=1S/C22H19ClN4O3S/c1-13-9-14(2)19(18(23)10-13)27(15(3)28)21-24-17(12-31-21)11-29-22-26-25-20(30-22)16-7-5-4-6-8-16/h4-10,12H,11H2,1-3H3. The number of carbonyl (C=O) groups is 1. The first kappa shape index (κ1) is 21.0. The molecule has 0 N–H and O–H groups in total. The van der Waals surface area contributed by atoms with Crippen LogP contribution in [0.5, 0.6) is 6.08 Å². The van der Waals surface area contributed by atoms with Crippen molar-refractivity contribution in [3.8, 4) is 17.5 Å². The van der Waals surface area contributed by atoms with Crippen LogP contribution in [0.25, 0.3) is 11.5 Å². The molecule has 7 nitrogen and oxygen atoms in total. The van der Waals surface area contributed by atoms with E-state index in [0.717, 1.165) is 16.7 Å². The molecule has 4 aromatic rings. The summed E-state index contributed by atoms with van der Waals surface area (Å²) in [6.07, 6.45) is 0.0502. The summed E-state index contributed by atoms with van der Waals surface area (Å²) in [5, 5.41) is 10.7. The zero-order valence-corrected chi connectivity index (χ0v) is 18.7. The van der Waals surface area contributed by atoms with Gasteiger partial charge in [-0.3, -0.25) is 9.69 Å². The predicted octanol–water partition coefficient (Wildman–Crippen LogP) is 5.73. The molecular weight excluding hydrogens is 436 g/mol. The fourth-order valence-electron chi connectivity index (χ4n) is 3.15. The molecule has 2 aromatic heterocycles. The molecule has 0 saturated heterocycles. The maximum Gasteiger partial charge on any atom is 0.415 e. The van der Waals surface area contributed by atoms with E-state index in [4.69, 9.17) is 20.8 Å². The molecule has 0 saturated carbocycles. The molecule has 31 heavy (non-hydrogen) atoms. The average molecular weight is 455 g/mol. The lowest BCUT2D eigenvalue weighted by atomic mass is 10.1. The normalized spacial score (nSPS) is 10.8. The second-order valence-corrected chi connectivity index (χ2v) is 8.16. The highest BCUT2D eigenvalue weighted by molar-refractivity contribution is 7.14. The highest BCUT2D eigenvalue weighted by atomic mass is 35.5. The summed E-state index contributed by atoms with van der Waals surface area (Å²) in [5.41, 5.74) is 3.99. The van der Waals surface area contributed by atoms with E-state index in [2.05, 4.69) is 15.2 Å². The summed E-state index contributed by atoms with van der Waals surface area (Å²) in [7, 11) is 0. The van der Waals surface area contributed by atoms with Gasteiger partial charge in [0.05, 0.1) is 16.4 Å². The highest BCUT2D eigenvalue weighted by Gasteiger charge is 2.23. The third-order valence-electron chi connectivity index (χ3n) is 4.44. The minimum absolute atomic E-state index is 0.0502. The van der Waals surface area contributed by atoms with Gasteiger partial charge in [0, 0.05) is 17.9 Å². The van der Waals surface area contributed by atoms with Gasteiger partial charge < -0.3 is 9.15 Å². The summed E-state index contributed by atoms with van der Waals surface area (Å²) in [5.74, 6) is 0.196. The third kappa shape index (κ3) is 4.60. The summed E-state index contributed by atoms with van der Waals surface area (Å²) in [6.45, 7) is 5.48. The largest absolute Gasteiger partial charge is 0.442 e. The molecule has 0 bridgehead atoms. The fourth-order valence-corrected chi connectivity index (χ4v) is 4.41. The quantitative estimate of drug-likeness (QED) is 0.370. The van der Waals surface area contributed by atoms with Crippen LogP contribution in [-0.4, -0.2) is 21.1 Å². The van der Waals surface area contributed by atoms with Crippen molar-refractivity contribution in [2.75, 3.05) is 4.90 Å². The second-order valence-electron chi connectivity index (χ2n) is 6.92. The third-order valence-corrected chi connectivity index (χ3v) is 5.60. The predicted molar refractivity (Wildman–Crippen MR) is 120 cm³/mol. The van der Waals surface area contributed by atoms with Gasteiger partial charge >= 0.3 is 6.08 Å². The first-order chi connectivity index (χ1) is 14.9. The molecule has 158 valence electrons. The molecule has 4 rings (SSSR count). The van der Waals surface area contributed by atoms with Gasteiger partial charge in [0.1, 0.15) is 6.61 Å². The van der Waals surface area contributed by atoms with Crippen molar-refractivity contribution in [1.82, 2.24) is 15.2 Å². The molecule has 0 unspecified atom stereocenters. The van der Waals surface area contributed by atoms with Gasteiger partial charge in [-0.05, 0) is 43.2 Å². The molecule has 2 aromatic carbocycles. The summed E-state index contributed by atoms with van der Waals surface area (Å²) >= 11 is 7.78. The number of rotatable bonds is 6. The molecule has 0 aliphatic carbocycles. The minimum atomic E-state index is -0.180. The summed E-state index contributed by atoms with van der Waals surface area (Å²) in [4.78, 5) is 18.5. The van der Waals surface area contributed by atoms with E-state index in [1.807, 2.05) is 61.7 Å². The zero-order chi connectivity index (χ0) is 22.0. The Bertz CT molecular complexity index is 1200. The van der Waals surface area contributed by atoms with Gasteiger partial charge in [-0.25, -0.2) is 4.98 Å². The minimum Gasteiger partial charge on any atom is -0.442 e. The van der Waals surface area contributed by atoms with Crippen LogP contribution in [0.3, 0.4) is 0 Å². The summed E-state index contributed by atoms with van der Waals surface area (Å²) in [6, 6.07) is 13.2. The Hall–Kier alpha value is -3.23. The van der Waals surface area contributed by atoms with Gasteiger partial charge in [-0.2, -0.15) is 0 Å². The first-order valence-electron chi connectivity index (χ1n) is 9.46. The number of amides is 1. The van der Waals surface area contributed by atoms with E-state index in [1.165, 1.54) is 23.2 Å². The number of benzene rings is 2. The molecule has 0 atom stereocenters. The number of aryl methyl sites for hydroxylation is 2. The summed E-state index contributed by atoms with van der Waals surface area (Å²) < 4.78 is 11.1. The van der Waals surface area contributed by atoms with Crippen molar-refractivity contribution < 1.29 is 13.9 Å². The molecular formula is C22H19ClN4O3S. The van der Waals surface area contributed by atoms with Crippen LogP contribution in [0, 0.1) is 13.8 Å². The number of carbonyl (C=O) groups excluding carboxylic acids is 1. The van der Waals surface area contributed by atoms with Crippen LogP contribution in [0.2, 0.25) is 5.02 Å². The van der Waals surface area contributed by atoms with Gasteiger partial charge in [0.25, 0.3) is 5.89 Å². The molecule has 1 amide bonds. The Morgan fingerprint density at radius 3 is 2.68 bits per heavy atom. The number of anilines is 2. The average Bonchev–Trinajstić information content (AvgIpc) is 3.39. The molecule has 0 fully saturated rings. The molecule has 0 aliphatic rings. The monoisotopic (exact) mass is 454 g/mol. The Balaban J connectivity index is 1.51. The number of thiazole rings is 1. The Morgan fingerprint density at radius 1 is 1.19 bits per heavy atom. The van der Waals surface area contributed by atoms with Crippen molar-refractivity contribution in [2.45, 2.75) is 27.4 Å². The first-order valence-corrected chi connectivity index (χ1v) is 10.7. The number of hydrogen-bond donors (Lipinski definition) is 0. The number of hydrogen-bond acceptors (Lipinski definition) is 7. The van der Waals surface area contributed by atoms with Crippen molar-refractivity contribution in [3.63, 3.8) is 0 Å². The SMILES string of the molecule is CC(=O)N(c1nc(COc2nnc(-c3ccccc3)o2)cs1)c1c(C)cc(C)cc1Cl. The second kappa shape index (κ2) is 8.87. The van der Waals surface area contributed by atoms with Crippen LogP contribution in [-0.2, 0) is 11.4 Å². The Morgan fingerprint density at radius 2 is 1.97 bits per heavy atom. The maximum atomic E-state index is 12.4. The molecule has 9 heteroatoms. The topological polar surface area (TPSA) is 81.4 Å². The lowest BCUT2D eigenvalue weighted by Crippen LogP contribution is -2.24. The molecule has 0 radical (unpaired) electrons. The number of halogens is 1. The van der Waals surface area contributed by atoms with Crippen molar-refractivity contribution in [2.24, 2.45) is 0 Å². The Labute approximate surface area is 188 Å². The van der Waals surface area contributed by atoms with Crippen molar-refractivity contribution in [1.29, 1.82) is 0 Å². The Kier molecular flexibility index (Phi) is 6.01. The van der Waals surface area contributed by atoms with Crippen LogP contribution >= 0.6 is 22.9 Å². The molecule has 0 spiro atoms. The number of aromatic nitrogens is 3. The van der Waals surface area contributed by atoms with E-state index in [1.54, 1.807) is 0 Å². The van der Waals surface area contributed by atoms with Gasteiger partial charge in [0.15, 0.2) is 5.13 Å². The van der Waals surface area contributed by atoms with Crippen LogP contribution < -0.4 is 9.64 Å². The van der Waals surface area contributed by atoms with E-state index in [-0.39, 0.29) is 18.6 Å². The van der Waals surface area contributed by atoms with E-state index >= 15 is 0 Å². The van der Waals surface area contributed by atoms with Gasteiger partial charge in [0.2, 0.25) is 5.91 Å². The van der Waals surface area contributed by atoms with E-state index in [0.29, 0.717) is 27.4 Å².